The number of carbonyl (C=O) groups excluding carboxylic acids is 1. The third kappa shape index (κ3) is 8.84. The van der Waals surface area contributed by atoms with E-state index in [0.29, 0.717) is 31.1 Å². The molecule has 0 bridgehead atoms. The quantitative estimate of drug-likeness (QED) is 0.115. The number of aromatic nitrogens is 1. The van der Waals surface area contributed by atoms with Gasteiger partial charge in [-0.15, -0.1) is 0 Å². The molecule has 0 radical (unpaired) electrons. The second-order valence-corrected chi connectivity index (χ2v) is 15.2. The molecule has 0 spiro atoms. The minimum absolute atomic E-state index is 0.0760. The van der Waals surface area contributed by atoms with Crippen molar-refractivity contribution in [2.24, 2.45) is 0 Å². The molecule has 7 rings (SSSR count). The highest BCUT2D eigenvalue weighted by Gasteiger charge is 2.39. The number of fused-ring (bicyclic) bond motifs is 2. The number of ether oxygens (including phenoxy) is 3. The van der Waals surface area contributed by atoms with Gasteiger partial charge in [0.05, 0.1) is 12.1 Å². The fourth-order valence-electron chi connectivity index (χ4n) is 8.13. The van der Waals surface area contributed by atoms with Gasteiger partial charge < -0.3 is 24.6 Å². The van der Waals surface area contributed by atoms with E-state index in [2.05, 4.69) is 54.2 Å². The number of carbonyl (C=O) groups is 2. The van der Waals surface area contributed by atoms with Gasteiger partial charge in [0, 0.05) is 30.9 Å². The average Bonchev–Trinajstić information content (AvgIpc) is 3.23. The van der Waals surface area contributed by atoms with Gasteiger partial charge in [0.25, 0.3) is 0 Å². The van der Waals surface area contributed by atoms with Crippen LogP contribution in [0, 0.1) is 13.8 Å². The first-order valence-electron chi connectivity index (χ1n) is 20.2. The first kappa shape index (κ1) is 39.6. The van der Waals surface area contributed by atoms with Crippen LogP contribution in [0.2, 0.25) is 0 Å². The molecule has 2 aliphatic rings. The van der Waals surface area contributed by atoms with Gasteiger partial charge in [0.2, 0.25) is 5.91 Å². The van der Waals surface area contributed by atoms with E-state index in [4.69, 9.17) is 14.2 Å². The van der Waals surface area contributed by atoms with Crippen LogP contribution < -0.4 is 19.5 Å². The molecule has 0 fully saturated rings. The van der Waals surface area contributed by atoms with Gasteiger partial charge in [0.1, 0.15) is 18.4 Å². The Labute approximate surface area is 336 Å². The molecule has 9 nitrogen and oxygen atoms in total. The summed E-state index contributed by atoms with van der Waals surface area (Å²) in [5, 5.41) is 13.3. The van der Waals surface area contributed by atoms with Gasteiger partial charge in [-0.05, 0) is 114 Å². The Morgan fingerprint density at radius 3 is 2.30 bits per heavy atom. The lowest BCUT2D eigenvalue weighted by Gasteiger charge is -2.42. The lowest BCUT2D eigenvalue weighted by molar-refractivity contribution is -0.143. The maximum absolute atomic E-state index is 14.4. The summed E-state index contributed by atoms with van der Waals surface area (Å²) in [6, 6.07) is 30.4. The van der Waals surface area contributed by atoms with Crippen LogP contribution in [-0.4, -0.2) is 51.7 Å². The molecule has 1 amide bonds. The Kier molecular flexibility index (Phi) is 12.2. The predicted octanol–water partition coefficient (Wildman–Crippen LogP) is 9.14. The van der Waals surface area contributed by atoms with Crippen LogP contribution in [0.5, 0.6) is 17.2 Å². The van der Waals surface area contributed by atoms with Crippen LogP contribution >= 0.6 is 0 Å². The van der Waals surface area contributed by atoms with E-state index >= 15 is 0 Å². The molecule has 0 saturated heterocycles. The molecule has 3 heterocycles. The Bertz CT molecular complexity index is 2170. The number of nitrogens with one attached hydrogen (secondary N) is 1. The largest absolute Gasteiger partial charge is 0.490 e. The number of carboxylic acids is 1. The molecule has 4 unspecified atom stereocenters. The molecular weight excluding hydrogens is 715 g/mol. The van der Waals surface area contributed by atoms with Gasteiger partial charge in [-0.25, -0.2) is 4.79 Å². The van der Waals surface area contributed by atoms with Crippen molar-refractivity contribution in [3.8, 4) is 28.4 Å². The summed E-state index contributed by atoms with van der Waals surface area (Å²) in [7, 11) is 0. The molecule has 296 valence electrons. The number of hydrogen-bond acceptors (Lipinski definition) is 7. The summed E-state index contributed by atoms with van der Waals surface area (Å²) in [4.78, 5) is 33.7. The topological polar surface area (TPSA) is 110 Å². The van der Waals surface area contributed by atoms with Gasteiger partial charge >= 0.3 is 5.97 Å². The summed E-state index contributed by atoms with van der Waals surface area (Å²) < 4.78 is 19.0. The van der Waals surface area contributed by atoms with Gasteiger partial charge in [-0.1, -0.05) is 87.5 Å². The molecule has 4 aromatic carbocycles. The zero-order valence-corrected chi connectivity index (χ0v) is 33.5. The number of amides is 1. The normalized spacial score (nSPS) is 17.4. The van der Waals surface area contributed by atoms with Crippen molar-refractivity contribution >= 4 is 11.9 Å². The van der Waals surface area contributed by atoms with E-state index < -0.39 is 18.1 Å². The molecule has 1 aromatic heterocycles. The smallest absolute Gasteiger partial charge is 0.326 e. The van der Waals surface area contributed by atoms with E-state index in [9.17, 15) is 14.7 Å². The number of aryl methyl sites for hydroxylation is 1. The van der Waals surface area contributed by atoms with Crippen LogP contribution in [0.15, 0.2) is 103 Å². The van der Waals surface area contributed by atoms with Crippen LogP contribution in [0.3, 0.4) is 0 Å². The van der Waals surface area contributed by atoms with Gasteiger partial charge in [0.15, 0.2) is 17.6 Å². The van der Waals surface area contributed by atoms with Crippen LogP contribution in [0.25, 0.3) is 11.1 Å². The Balaban J connectivity index is 1.11. The fourth-order valence-corrected chi connectivity index (χ4v) is 8.13. The fraction of sp³-hybridized carbons (Fsp3) is 0.354. The monoisotopic (exact) mass is 767 g/mol. The van der Waals surface area contributed by atoms with Gasteiger partial charge in [-0.2, -0.15) is 0 Å². The zero-order chi connectivity index (χ0) is 40.1. The summed E-state index contributed by atoms with van der Waals surface area (Å²) >= 11 is 0. The number of hydrogen-bond donors (Lipinski definition) is 2. The first-order valence-corrected chi connectivity index (χ1v) is 20.2. The highest BCUT2D eigenvalue weighted by molar-refractivity contribution is 5.87. The van der Waals surface area contributed by atoms with Crippen LogP contribution in [0.4, 0.5) is 0 Å². The van der Waals surface area contributed by atoms with Crippen molar-refractivity contribution < 1.29 is 28.9 Å². The summed E-state index contributed by atoms with van der Waals surface area (Å²) in [5.41, 5.74) is 9.17. The van der Waals surface area contributed by atoms with E-state index in [1.165, 1.54) is 0 Å². The molecule has 4 atom stereocenters. The standard InChI is InChI=1S/C48H53N3O6/c1-6-38(7-2)56-39-20-18-35(19-21-39)46-29-55-44-26-36-25-43(51(28-37(36)27-45(44)57-46)42(8-3)34-12-10-9-11-13-34)47(52)50-41(48(53)54)24-32-14-16-33(17-15-32)40-22-23-49-31(5)30(40)4/h9-23,26-27,38,41-43,46H,6-8,24-25,28-29H2,1-5H3,(H,50,52)(H,53,54). The number of pyridine rings is 1. The van der Waals surface area contributed by atoms with Crippen LogP contribution in [-0.2, 0) is 29.0 Å². The molecule has 9 heteroatoms. The lowest BCUT2D eigenvalue weighted by Crippen LogP contribution is -2.55. The molecule has 0 aliphatic carbocycles. The van der Waals surface area contributed by atoms with Crippen molar-refractivity contribution in [3.63, 3.8) is 0 Å². The van der Waals surface area contributed by atoms with Crippen molar-refractivity contribution in [1.29, 1.82) is 0 Å². The summed E-state index contributed by atoms with van der Waals surface area (Å²) in [6.07, 6.45) is 4.94. The highest BCUT2D eigenvalue weighted by atomic mass is 16.6. The zero-order valence-electron chi connectivity index (χ0n) is 33.5. The van der Waals surface area contributed by atoms with E-state index in [1.807, 2.05) is 92.7 Å². The Morgan fingerprint density at radius 1 is 0.895 bits per heavy atom. The minimum Gasteiger partial charge on any atom is -0.490 e. The number of carboxylic acid groups (broad SMARTS) is 1. The molecular formula is C48H53N3O6. The highest BCUT2D eigenvalue weighted by Crippen LogP contribution is 2.42. The Morgan fingerprint density at radius 2 is 1.61 bits per heavy atom. The minimum atomic E-state index is -1.11. The SMILES string of the molecule is CCC(CC)Oc1ccc(C2COc3cc4c(cc3O2)CN(C(CC)c2ccccc2)C(C(=O)NC(Cc2ccc(-c3ccnc(C)c3C)cc2)C(=O)O)C4)cc1. The van der Waals surface area contributed by atoms with E-state index in [1.54, 1.807) is 6.20 Å². The third-order valence-electron chi connectivity index (χ3n) is 11.6. The average molecular weight is 768 g/mol. The predicted molar refractivity (Wildman–Crippen MR) is 222 cm³/mol. The summed E-state index contributed by atoms with van der Waals surface area (Å²) in [5.74, 6) is 0.771. The van der Waals surface area contributed by atoms with Crippen molar-refractivity contribution in [3.05, 3.63) is 142 Å². The molecule has 2 N–H and O–H groups in total. The van der Waals surface area contributed by atoms with Crippen molar-refractivity contribution in [1.82, 2.24) is 15.2 Å². The number of rotatable bonds is 14. The Hall–Kier alpha value is -5.67. The molecule has 57 heavy (non-hydrogen) atoms. The van der Waals surface area contributed by atoms with Gasteiger partial charge in [-0.3, -0.25) is 14.7 Å². The molecule has 0 saturated carbocycles. The third-order valence-corrected chi connectivity index (χ3v) is 11.6. The molecule has 5 aromatic rings. The van der Waals surface area contributed by atoms with Crippen molar-refractivity contribution in [2.45, 2.75) is 104 Å². The second kappa shape index (κ2) is 17.6. The number of benzene rings is 4. The maximum Gasteiger partial charge on any atom is 0.326 e. The number of aliphatic carboxylic acids is 1. The lowest BCUT2D eigenvalue weighted by atomic mass is 9.89. The maximum atomic E-state index is 14.4. The number of nitrogens with zero attached hydrogens (tertiary/aromatic N) is 2. The first-order chi connectivity index (χ1) is 27.6. The second-order valence-electron chi connectivity index (χ2n) is 15.2. The van der Waals surface area contributed by atoms with E-state index in [0.717, 1.165) is 75.2 Å². The molecule has 2 aliphatic heterocycles. The van der Waals surface area contributed by atoms with Crippen LogP contribution in [0.1, 0.15) is 91.3 Å². The summed E-state index contributed by atoms with van der Waals surface area (Å²) in [6.45, 7) is 11.3. The van der Waals surface area contributed by atoms with Crippen molar-refractivity contribution in [2.75, 3.05) is 6.61 Å². The van der Waals surface area contributed by atoms with E-state index in [-0.39, 0.29) is 30.6 Å².